The molecule has 1 amide bonds. The fourth-order valence-electron chi connectivity index (χ4n) is 2.56. The van der Waals surface area contributed by atoms with Gasteiger partial charge in [0.05, 0.1) is 0 Å². The van der Waals surface area contributed by atoms with E-state index in [-0.39, 0.29) is 5.91 Å². The first-order valence-electron chi connectivity index (χ1n) is 8.35. The molecule has 0 radical (unpaired) electrons. The number of hydrogen-bond donors (Lipinski definition) is 1. The minimum atomic E-state index is -0.0891. The van der Waals surface area contributed by atoms with Crippen molar-refractivity contribution in [1.29, 1.82) is 0 Å². The third-order valence-electron chi connectivity index (χ3n) is 3.74. The fraction of sp³-hybridized carbons (Fsp3) is 0.350. The molecule has 5 heteroatoms. The summed E-state index contributed by atoms with van der Waals surface area (Å²) in [5.41, 5.74) is 1.50. The molecule has 4 nitrogen and oxygen atoms in total. The van der Waals surface area contributed by atoms with Crippen molar-refractivity contribution in [2.75, 3.05) is 27.2 Å². The van der Waals surface area contributed by atoms with E-state index < -0.39 is 0 Å². The second-order valence-electron chi connectivity index (χ2n) is 6.49. The molecule has 134 valence electrons. The number of halogens is 1. The molecular formula is C20H25ClN2O2. The van der Waals surface area contributed by atoms with Crippen molar-refractivity contribution in [3.05, 3.63) is 64.7 Å². The molecule has 2 aromatic rings. The SMILES string of the molecule is C[C@@H](CNC(=O)c1cccc(OCc2ccccc2Cl)c1)CN(C)C. The lowest BCUT2D eigenvalue weighted by Crippen LogP contribution is -2.32. The first-order valence-corrected chi connectivity index (χ1v) is 8.72. The molecule has 25 heavy (non-hydrogen) atoms. The van der Waals surface area contributed by atoms with Gasteiger partial charge in [0, 0.05) is 29.2 Å². The van der Waals surface area contributed by atoms with E-state index in [0.717, 1.165) is 12.1 Å². The Kier molecular flexibility index (Phi) is 7.29. The van der Waals surface area contributed by atoms with Crippen LogP contribution in [0.2, 0.25) is 5.02 Å². The highest BCUT2D eigenvalue weighted by Crippen LogP contribution is 2.19. The monoisotopic (exact) mass is 360 g/mol. The summed E-state index contributed by atoms with van der Waals surface area (Å²) in [5, 5.41) is 3.64. The Balaban J connectivity index is 1.91. The summed E-state index contributed by atoms with van der Waals surface area (Å²) in [7, 11) is 4.05. The minimum Gasteiger partial charge on any atom is -0.489 e. The highest BCUT2D eigenvalue weighted by Gasteiger charge is 2.10. The van der Waals surface area contributed by atoms with Gasteiger partial charge in [0.25, 0.3) is 5.91 Å². The van der Waals surface area contributed by atoms with E-state index in [4.69, 9.17) is 16.3 Å². The molecule has 0 aliphatic carbocycles. The van der Waals surface area contributed by atoms with E-state index in [1.165, 1.54) is 0 Å². The van der Waals surface area contributed by atoms with Crippen LogP contribution in [0.25, 0.3) is 0 Å². The lowest BCUT2D eigenvalue weighted by atomic mass is 10.1. The van der Waals surface area contributed by atoms with Gasteiger partial charge in [0.2, 0.25) is 0 Å². The molecule has 2 aromatic carbocycles. The summed E-state index contributed by atoms with van der Waals surface area (Å²) in [6.45, 7) is 4.05. The van der Waals surface area contributed by atoms with Crippen molar-refractivity contribution in [2.45, 2.75) is 13.5 Å². The zero-order valence-corrected chi connectivity index (χ0v) is 15.7. The van der Waals surface area contributed by atoms with E-state index >= 15 is 0 Å². The molecule has 1 N–H and O–H groups in total. The Bertz CT molecular complexity index is 704. The Morgan fingerprint density at radius 2 is 1.96 bits per heavy atom. The van der Waals surface area contributed by atoms with Crippen molar-refractivity contribution in [3.8, 4) is 5.75 Å². The summed E-state index contributed by atoms with van der Waals surface area (Å²) in [5.74, 6) is 0.946. The number of carbonyl (C=O) groups is 1. The van der Waals surface area contributed by atoms with Gasteiger partial charge in [-0.3, -0.25) is 4.79 Å². The maximum absolute atomic E-state index is 12.3. The van der Waals surface area contributed by atoms with E-state index in [2.05, 4.69) is 17.1 Å². The van der Waals surface area contributed by atoms with Crippen LogP contribution in [-0.4, -0.2) is 38.0 Å². The average molecular weight is 361 g/mol. The average Bonchev–Trinajstić information content (AvgIpc) is 2.58. The molecule has 0 bridgehead atoms. The molecule has 1 atom stereocenters. The zero-order chi connectivity index (χ0) is 18.2. The highest BCUT2D eigenvalue weighted by molar-refractivity contribution is 6.31. The van der Waals surface area contributed by atoms with E-state index in [0.29, 0.717) is 35.4 Å². The number of ether oxygens (including phenoxy) is 1. The van der Waals surface area contributed by atoms with Crippen LogP contribution in [0.5, 0.6) is 5.75 Å². The third kappa shape index (κ3) is 6.40. The van der Waals surface area contributed by atoms with Crippen molar-refractivity contribution in [2.24, 2.45) is 5.92 Å². The van der Waals surface area contributed by atoms with Gasteiger partial charge in [0.15, 0.2) is 0 Å². The molecule has 2 rings (SSSR count). The predicted octanol–water partition coefficient (Wildman–Crippen LogP) is 3.85. The van der Waals surface area contributed by atoms with Crippen LogP contribution in [0.4, 0.5) is 0 Å². The Labute approximate surface area is 154 Å². The van der Waals surface area contributed by atoms with Crippen LogP contribution in [-0.2, 0) is 6.61 Å². The highest BCUT2D eigenvalue weighted by atomic mass is 35.5. The lowest BCUT2D eigenvalue weighted by molar-refractivity contribution is 0.0945. The first-order chi connectivity index (χ1) is 12.0. The number of rotatable bonds is 8. The Hall–Kier alpha value is -2.04. The quantitative estimate of drug-likeness (QED) is 0.777. The summed E-state index contributed by atoms with van der Waals surface area (Å²) in [4.78, 5) is 14.4. The second kappa shape index (κ2) is 9.44. The largest absolute Gasteiger partial charge is 0.489 e. The van der Waals surface area contributed by atoms with Crippen LogP contribution >= 0.6 is 11.6 Å². The molecule has 0 spiro atoms. The normalized spacial score (nSPS) is 12.0. The molecular weight excluding hydrogens is 336 g/mol. The second-order valence-corrected chi connectivity index (χ2v) is 6.89. The zero-order valence-electron chi connectivity index (χ0n) is 15.0. The van der Waals surface area contributed by atoms with E-state index in [1.807, 2.05) is 50.5 Å². The maximum Gasteiger partial charge on any atom is 0.251 e. The van der Waals surface area contributed by atoms with E-state index in [9.17, 15) is 4.79 Å². The summed E-state index contributed by atoms with van der Waals surface area (Å²) >= 11 is 6.13. The van der Waals surface area contributed by atoms with Crippen molar-refractivity contribution in [3.63, 3.8) is 0 Å². The van der Waals surface area contributed by atoms with Gasteiger partial charge in [-0.2, -0.15) is 0 Å². The van der Waals surface area contributed by atoms with Gasteiger partial charge in [-0.1, -0.05) is 42.8 Å². The Morgan fingerprint density at radius 1 is 1.20 bits per heavy atom. The van der Waals surface area contributed by atoms with Gasteiger partial charge < -0.3 is 15.0 Å². The number of amides is 1. The van der Waals surface area contributed by atoms with Crippen LogP contribution in [0, 0.1) is 5.92 Å². The van der Waals surface area contributed by atoms with Crippen molar-refractivity contribution in [1.82, 2.24) is 10.2 Å². The number of benzene rings is 2. The molecule has 0 saturated carbocycles. The maximum atomic E-state index is 12.3. The molecule has 0 aliphatic rings. The van der Waals surface area contributed by atoms with Crippen LogP contribution in [0.3, 0.4) is 0 Å². The number of hydrogen-bond acceptors (Lipinski definition) is 3. The van der Waals surface area contributed by atoms with Gasteiger partial charge in [0.1, 0.15) is 12.4 Å². The van der Waals surface area contributed by atoms with Gasteiger partial charge in [-0.05, 0) is 44.3 Å². The number of carbonyl (C=O) groups excluding carboxylic acids is 1. The van der Waals surface area contributed by atoms with Crippen molar-refractivity contribution < 1.29 is 9.53 Å². The summed E-state index contributed by atoms with van der Waals surface area (Å²) in [6, 6.07) is 14.8. The molecule has 0 aliphatic heterocycles. The third-order valence-corrected chi connectivity index (χ3v) is 4.11. The Morgan fingerprint density at radius 3 is 2.68 bits per heavy atom. The number of nitrogens with one attached hydrogen (secondary N) is 1. The van der Waals surface area contributed by atoms with E-state index in [1.54, 1.807) is 12.1 Å². The predicted molar refractivity (Wildman–Crippen MR) is 102 cm³/mol. The molecule has 0 heterocycles. The molecule has 0 aromatic heterocycles. The lowest BCUT2D eigenvalue weighted by Gasteiger charge is -2.17. The van der Waals surface area contributed by atoms with Crippen LogP contribution in [0.1, 0.15) is 22.8 Å². The standard InChI is InChI=1S/C20H25ClN2O2/c1-15(13-23(2)3)12-22-20(24)16-8-6-9-18(11-16)25-14-17-7-4-5-10-19(17)21/h4-11,15H,12-14H2,1-3H3,(H,22,24)/t15-/m0/s1. The van der Waals surface area contributed by atoms with Gasteiger partial charge >= 0.3 is 0 Å². The van der Waals surface area contributed by atoms with Gasteiger partial charge in [-0.15, -0.1) is 0 Å². The molecule has 0 unspecified atom stereocenters. The van der Waals surface area contributed by atoms with Crippen LogP contribution in [0.15, 0.2) is 48.5 Å². The fourth-order valence-corrected chi connectivity index (χ4v) is 2.75. The molecule has 0 fully saturated rings. The topological polar surface area (TPSA) is 41.6 Å². The number of nitrogens with zero attached hydrogens (tertiary/aromatic N) is 1. The first kappa shape index (κ1) is 19.3. The summed E-state index contributed by atoms with van der Waals surface area (Å²) in [6.07, 6.45) is 0. The van der Waals surface area contributed by atoms with Gasteiger partial charge in [-0.25, -0.2) is 0 Å². The van der Waals surface area contributed by atoms with Crippen molar-refractivity contribution >= 4 is 17.5 Å². The van der Waals surface area contributed by atoms with Crippen LogP contribution < -0.4 is 10.1 Å². The minimum absolute atomic E-state index is 0.0891. The smallest absolute Gasteiger partial charge is 0.251 e. The molecule has 0 saturated heterocycles. The summed E-state index contributed by atoms with van der Waals surface area (Å²) < 4.78 is 5.77.